The van der Waals surface area contributed by atoms with E-state index in [0.717, 1.165) is 0 Å². The number of nitrogens with zero attached hydrogens (tertiary/aromatic N) is 3. The Hall–Kier alpha value is -2.97. The van der Waals surface area contributed by atoms with Crippen LogP contribution in [0.2, 0.25) is 0 Å². The zero-order chi connectivity index (χ0) is 15.7. The number of hydrogen-bond donors (Lipinski definition) is 1. The highest BCUT2D eigenvalue weighted by Gasteiger charge is 2.34. The third-order valence-electron chi connectivity index (χ3n) is 2.73. The fraction of sp³-hybridized carbons (Fsp3) is 0.0769. The standard InChI is InChI=1S/C13H7F3N4O2/c14-13(15,16)9-6-8(11-19-12(21)22-20-11)17-10(18-9)7-4-2-1-3-5-7/h1-6H,(H,19,20,21). The van der Waals surface area contributed by atoms with Crippen LogP contribution >= 0.6 is 0 Å². The van der Waals surface area contributed by atoms with Gasteiger partial charge in [-0.2, -0.15) is 23.3 Å². The lowest BCUT2D eigenvalue weighted by Gasteiger charge is -2.09. The summed E-state index contributed by atoms with van der Waals surface area (Å²) >= 11 is 0. The van der Waals surface area contributed by atoms with Gasteiger partial charge in [0, 0.05) is 5.56 Å². The third kappa shape index (κ3) is 2.73. The van der Waals surface area contributed by atoms with Crippen molar-refractivity contribution in [1.82, 2.24) is 20.1 Å². The Labute approximate surface area is 120 Å². The molecule has 2 aromatic heterocycles. The number of halogens is 3. The van der Waals surface area contributed by atoms with Gasteiger partial charge in [0.25, 0.3) is 0 Å². The van der Waals surface area contributed by atoms with Crippen LogP contribution in [0.25, 0.3) is 22.9 Å². The second-order valence-electron chi connectivity index (χ2n) is 4.26. The van der Waals surface area contributed by atoms with Crippen LogP contribution in [-0.4, -0.2) is 20.1 Å². The lowest BCUT2D eigenvalue weighted by molar-refractivity contribution is -0.141. The molecule has 0 unspecified atom stereocenters. The Morgan fingerprint density at radius 1 is 1.05 bits per heavy atom. The molecule has 22 heavy (non-hydrogen) atoms. The maximum absolute atomic E-state index is 13.0. The first kappa shape index (κ1) is 14.0. The molecule has 0 aliphatic rings. The monoisotopic (exact) mass is 308 g/mol. The molecule has 1 aromatic carbocycles. The Morgan fingerprint density at radius 3 is 2.36 bits per heavy atom. The highest BCUT2D eigenvalue weighted by atomic mass is 19.4. The van der Waals surface area contributed by atoms with Crippen molar-refractivity contribution in [3.05, 3.63) is 52.6 Å². The maximum atomic E-state index is 13.0. The fourth-order valence-electron chi connectivity index (χ4n) is 1.77. The van der Waals surface area contributed by atoms with Gasteiger partial charge in [-0.25, -0.2) is 14.8 Å². The second kappa shape index (κ2) is 5.10. The molecule has 0 saturated heterocycles. The number of benzene rings is 1. The van der Waals surface area contributed by atoms with Gasteiger partial charge in [0.1, 0.15) is 11.4 Å². The predicted molar refractivity (Wildman–Crippen MR) is 68.6 cm³/mol. The quantitative estimate of drug-likeness (QED) is 0.786. The maximum Gasteiger partial charge on any atom is 0.460 e. The molecule has 112 valence electrons. The first-order chi connectivity index (χ1) is 10.4. The highest BCUT2D eigenvalue weighted by Crippen LogP contribution is 2.31. The number of alkyl halides is 3. The summed E-state index contributed by atoms with van der Waals surface area (Å²) < 4.78 is 43.3. The van der Waals surface area contributed by atoms with Crippen LogP contribution in [0.5, 0.6) is 0 Å². The van der Waals surface area contributed by atoms with Crippen molar-refractivity contribution in [2.75, 3.05) is 0 Å². The van der Waals surface area contributed by atoms with Crippen molar-refractivity contribution in [1.29, 1.82) is 0 Å². The molecule has 3 rings (SSSR count). The molecular formula is C13H7F3N4O2. The molecule has 0 atom stereocenters. The van der Waals surface area contributed by atoms with E-state index in [9.17, 15) is 18.0 Å². The number of H-pyrrole nitrogens is 1. The summed E-state index contributed by atoms with van der Waals surface area (Å²) in [4.78, 5) is 21.8. The summed E-state index contributed by atoms with van der Waals surface area (Å²) in [6.45, 7) is 0. The van der Waals surface area contributed by atoms with Gasteiger partial charge in [0.15, 0.2) is 11.6 Å². The molecule has 0 aliphatic heterocycles. The summed E-state index contributed by atoms with van der Waals surface area (Å²) in [5, 5.41) is 2.12. The summed E-state index contributed by atoms with van der Waals surface area (Å²) in [5.74, 6) is -1.28. The predicted octanol–water partition coefficient (Wildman–Crippen LogP) is 2.51. The van der Waals surface area contributed by atoms with Crippen molar-refractivity contribution in [2.45, 2.75) is 6.18 Å². The molecule has 6 nitrogen and oxygen atoms in total. The van der Waals surface area contributed by atoms with Crippen molar-refractivity contribution in [3.63, 3.8) is 0 Å². The highest BCUT2D eigenvalue weighted by molar-refractivity contribution is 5.59. The molecule has 0 saturated carbocycles. The molecule has 2 heterocycles. The fourth-order valence-corrected chi connectivity index (χ4v) is 1.77. The van der Waals surface area contributed by atoms with E-state index < -0.39 is 17.6 Å². The minimum absolute atomic E-state index is 0.130. The summed E-state index contributed by atoms with van der Waals surface area (Å²) in [5.41, 5.74) is -0.923. The van der Waals surface area contributed by atoms with Crippen molar-refractivity contribution in [2.24, 2.45) is 0 Å². The van der Waals surface area contributed by atoms with E-state index in [-0.39, 0.29) is 17.3 Å². The summed E-state index contributed by atoms with van der Waals surface area (Å²) in [6, 6.07) is 8.86. The van der Waals surface area contributed by atoms with Crippen molar-refractivity contribution >= 4 is 0 Å². The Balaban J connectivity index is 2.21. The van der Waals surface area contributed by atoms with Gasteiger partial charge in [-0.3, -0.25) is 0 Å². The van der Waals surface area contributed by atoms with Crippen LogP contribution in [0.1, 0.15) is 5.69 Å². The molecule has 3 aromatic rings. The van der Waals surface area contributed by atoms with Gasteiger partial charge in [0.2, 0.25) is 0 Å². The summed E-state index contributed by atoms with van der Waals surface area (Å²) in [7, 11) is 0. The van der Waals surface area contributed by atoms with Gasteiger partial charge in [0.05, 0.1) is 0 Å². The molecular weight excluding hydrogens is 301 g/mol. The Bertz CT molecular complexity index is 855. The van der Waals surface area contributed by atoms with Crippen molar-refractivity contribution in [3.8, 4) is 22.9 Å². The number of rotatable bonds is 2. The smallest absolute Gasteiger partial charge is 0.321 e. The molecule has 0 spiro atoms. The molecule has 9 heteroatoms. The topological polar surface area (TPSA) is 84.7 Å². The van der Waals surface area contributed by atoms with Crippen LogP contribution < -0.4 is 5.76 Å². The summed E-state index contributed by atoms with van der Waals surface area (Å²) in [6.07, 6.45) is -4.66. The molecule has 0 fully saturated rings. The van der Waals surface area contributed by atoms with Crippen LogP contribution in [0.3, 0.4) is 0 Å². The molecule has 0 aliphatic carbocycles. The van der Waals surface area contributed by atoms with E-state index in [2.05, 4.69) is 24.6 Å². The van der Waals surface area contributed by atoms with Crippen LogP contribution in [0.15, 0.2) is 45.7 Å². The van der Waals surface area contributed by atoms with E-state index in [4.69, 9.17) is 0 Å². The Morgan fingerprint density at radius 2 is 1.77 bits per heavy atom. The lowest BCUT2D eigenvalue weighted by Crippen LogP contribution is -2.10. The van der Waals surface area contributed by atoms with E-state index in [1.54, 1.807) is 30.3 Å². The average Bonchev–Trinajstić information content (AvgIpc) is 2.93. The van der Waals surface area contributed by atoms with Gasteiger partial charge in [-0.05, 0) is 6.07 Å². The molecule has 1 N–H and O–H groups in total. The van der Waals surface area contributed by atoms with E-state index >= 15 is 0 Å². The van der Waals surface area contributed by atoms with E-state index in [1.807, 2.05) is 0 Å². The first-order valence-electron chi connectivity index (χ1n) is 6.01. The van der Waals surface area contributed by atoms with Gasteiger partial charge < -0.3 is 4.52 Å². The normalized spacial score (nSPS) is 11.6. The largest absolute Gasteiger partial charge is 0.460 e. The third-order valence-corrected chi connectivity index (χ3v) is 2.73. The van der Waals surface area contributed by atoms with Crippen LogP contribution in [0, 0.1) is 0 Å². The molecule has 0 radical (unpaired) electrons. The number of aromatic amines is 1. The second-order valence-corrected chi connectivity index (χ2v) is 4.26. The van der Waals surface area contributed by atoms with E-state index in [0.29, 0.717) is 11.6 Å². The minimum atomic E-state index is -4.66. The van der Waals surface area contributed by atoms with Crippen LogP contribution in [0.4, 0.5) is 13.2 Å². The number of aromatic nitrogens is 4. The minimum Gasteiger partial charge on any atom is -0.321 e. The Kier molecular flexibility index (Phi) is 3.24. The van der Waals surface area contributed by atoms with Gasteiger partial charge >= 0.3 is 11.9 Å². The van der Waals surface area contributed by atoms with Gasteiger partial charge in [-0.1, -0.05) is 30.3 Å². The zero-order valence-electron chi connectivity index (χ0n) is 10.8. The van der Waals surface area contributed by atoms with Crippen molar-refractivity contribution < 1.29 is 17.7 Å². The average molecular weight is 308 g/mol. The zero-order valence-corrected chi connectivity index (χ0v) is 10.8. The van der Waals surface area contributed by atoms with E-state index in [1.165, 1.54) is 0 Å². The molecule has 0 amide bonds. The number of nitrogens with one attached hydrogen (secondary N) is 1. The van der Waals surface area contributed by atoms with Gasteiger partial charge in [-0.15, -0.1) is 0 Å². The first-order valence-corrected chi connectivity index (χ1v) is 6.01. The molecule has 0 bridgehead atoms. The lowest BCUT2D eigenvalue weighted by atomic mass is 10.2. The van der Waals surface area contributed by atoms with Crippen LogP contribution in [-0.2, 0) is 6.18 Å². The number of hydrogen-bond acceptors (Lipinski definition) is 5. The SMILES string of the molecule is O=c1nc(-c2cc(C(F)(F)F)nc(-c3ccccc3)n2)[nH]o1.